The molecule has 0 aliphatic carbocycles. The Balaban J connectivity index is -0.00000184. The molecule has 0 aliphatic rings. The van der Waals surface area contributed by atoms with Crippen LogP contribution in [-0.2, 0) is 14.6 Å². The summed E-state index contributed by atoms with van der Waals surface area (Å²) in [6.45, 7) is 4.59. The number of amides is 1. The Morgan fingerprint density at radius 3 is 1.37 bits per heavy atom. The molecule has 0 saturated carbocycles. The van der Waals surface area contributed by atoms with E-state index in [1.165, 1.54) is 122 Å². The molecule has 2 atom stereocenters. The summed E-state index contributed by atoms with van der Waals surface area (Å²) in [7, 11) is 6.00. The number of rotatable bonds is 29. The minimum Gasteiger partial charge on any atom is -0.393 e. The van der Waals surface area contributed by atoms with E-state index in [0.29, 0.717) is 6.41 Å². The van der Waals surface area contributed by atoms with Gasteiger partial charge in [-0.15, -0.1) is 0 Å². The maximum atomic E-state index is 10.3. The van der Waals surface area contributed by atoms with Gasteiger partial charge < -0.3 is 19.9 Å². The van der Waals surface area contributed by atoms with Crippen LogP contribution in [0.2, 0.25) is 0 Å². The first-order valence-electron chi connectivity index (χ1n) is 16.8. The maximum absolute atomic E-state index is 10.3. The summed E-state index contributed by atoms with van der Waals surface area (Å²) < 4.78 is 7.49. The van der Waals surface area contributed by atoms with Gasteiger partial charge in [0.15, 0.2) is 6.73 Å². The van der Waals surface area contributed by atoms with Crippen molar-refractivity contribution in [2.24, 2.45) is 0 Å². The van der Waals surface area contributed by atoms with Crippen LogP contribution < -0.4 is 5.32 Å². The summed E-state index contributed by atoms with van der Waals surface area (Å²) in [4.78, 5) is 23.0. The van der Waals surface area contributed by atoms with E-state index in [0.717, 1.165) is 37.7 Å². The molecule has 0 saturated heterocycles. The van der Waals surface area contributed by atoms with Gasteiger partial charge in [0.2, 0.25) is 6.41 Å². The molecule has 1 amide bonds. The minimum absolute atomic E-state index is 0.0671. The van der Waals surface area contributed by atoms with E-state index in [-0.39, 0.29) is 18.9 Å². The highest BCUT2D eigenvalue weighted by Gasteiger charge is 2.10. The SMILES string of the molecule is CCCCCCCC(CCCCCCCCCCCCC(O)CCCCCC)OOCNC=O.CN(C)C.CSO. The van der Waals surface area contributed by atoms with Crippen LogP contribution in [0.5, 0.6) is 0 Å². The Hall–Kier alpha value is -0.380. The van der Waals surface area contributed by atoms with E-state index in [1.807, 2.05) is 26.0 Å². The molecule has 0 aromatic carbocycles. The lowest BCUT2D eigenvalue weighted by atomic mass is 10.0. The van der Waals surface area contributed by atoms with Gasteiger partial charge in [-0.05, 0) is 58.9 Å². The van der Waals surface area contributed by atoms with Gasteiger partial charge in [-0.3, -0.25) is 4.79 Å². The molecule has 250 valence electrons. The van der Waals surface area contributed by atoms with Crippen molar-refractivity contribution in [1.82, 2.24) is 10.2 Å². The standard InChI is InChI=1S/C29H59NO4.C3H9N.CH4OS/c1-3-5-7-15-20-24-29(34-33-27-30-26-31)25-21-17-14-12-10-9-11-13-16-19-23-28(32)22-18-8-6-4-2;1-4(2)3;1-3-2/h26,28-29,32H,3-25,27H2,1-2H3,(H,30,31);1-3H3;2H,1H3. The van der Waals surface area contributed by atoms with Crippen LogP contribution in [0.15, 0.2) is 0 Å². The first kappa shape index (κ1) is 45.1. The van der Waals surface area contributed by atoms with Crippen molar-refractivity contribution in [2.45, 2.75) is 174 Å². The lowest BCUT2D eigenvalue weighted by molar-refractivity contribution is -0.328. The smallest absolute Gasteiger partial charge is 0.208 e. The quantitative estimate of drug-likeness (QED) is 0.0195. The predicted octanol–water partition coefficient (Wildman–Crippen LogP) is 9.38. The highest BCUT2D eigenvalue weighted by atomic mass is 32.2. The summed E-state index contributed by atoms with van der Waals surface area (Å²) in [5, 5.41) is 12.5. The van der Waals surface area contributed by atoms with E-state index in [2.05, 4.69) is 19.2 Å². The van der Waals surface area contributed by atoms with Crippen molar-refractivity contribution >= 4 is 18.5 Å². The minimum atomic E-state index is -0.0671. The van der Waals surface area contributed by atoms with Crippen molar-refractivity contribution < 1.29 is 24.2 Å². The molecule has 0 aliphatic heterocycles. The van der Waals surface area contributed by atoms with Crippen LogP contribution in [0, 0.1) is 0 Å². The van der Waals surface area contributed by atoms with Crippen LogP contribution in [0.1, 0.15) is 162 Å². The Kier molecular flexibility index (Phi) is 45.9. The average Bonchev–Trinajstić information content (AvgIpc) is 2.93. The third kappa shape index (κ3) is 49.6. The summed E-state index contributed by atoms with van der Waals surface area (Å²) in [6, 6.07) is 0. The molecule has 0 heterocycles. The molecule has 8 heteroatoms. The molecule has 7 nitrogen and oxygen atoms in total. The lowest BCUT2D eigenvalue weighted by Gasteiger charge is -2.16. The summed E-state index contributed by atoms with van der Waals surface area (Å²) in [5.41, 5.74) is 0. The van der Waals surface area contributed by atoms with Crippen LogP contribution in [0.4, 0.5) is 0 Å². The van der Waals surface area contributed by atoms with E-state index in [1.54, 1.807) is 6.26 Å². The molecule has 0 spiro atoms. The van der Waals surface area contributed by atoms with Gasteiger partial charge in [-0.1, -0.05) is 136 Å². The number of aliphatic hydroxyl groups is 1. The highest BCUT2D eigenvalue weighted by Crippen LogP contribution is 2.18. The van der Waals surface area contributed by atoms with Crippen molar-refractivity contribution in [3.05, 3.63) is 0 Å². The van der Waals surface area contributed by atoms with Gasteiger partial charge in [0.1, 0.15) is 0 Å². The first-order valence-corrected chi connectivity index (χ1v) is 18.0. The second kappa shape index (κ2) is 41.8. The fourth-order valence-corrected chi connectivity index (χ4v) is 4.53. The second-order valence-corrected chi connectivity index (χ2v) is 12.0. The average molecular weight is 609 g/mol. The van der Waals surface area contributed by atoms with E-state index in [4.69, 9.17) is 14.3 Å². The van der Waals surface area contributed by atoms with Crippen molar-refractivity contribution in [2.75, 3.05) is 34.1 Å². The van der Waals surface area contributed by atoms with Gasteiger partial charge in [0.25, 0.3) is 0 Å². The molecule has 0 radical (unpaired) electrons. The lowest BCUT2D eigenvalue weighted by Crippen LogP contribution is -2.20. The Bertz CT molecular complexity index is 459. The summed E-state index contributed by atoms with van der Waals surface area (Å²) in [5.74, 6) is 0. The maximum Gasteiger partial charge on any atom is 0.208 e. The van der Waals surface area contributed by atoms with Gasteiger partial charge in [0, 0.05) is 6.26 Å². The fourth-order valence-electron chi connectivity index (χ4n) is 4.53. The van der Waals surface area contributed by atoms with Crippen molar-refractivity contribution in [3.63, 3.8) is 0 Å². The zero-order valence-corrected chi connectivity index (χ0v) is 29.0. The molecule has 3 N–H and O–H groups in total. The zero-order chi connectivity index (χ0) is 31.2. The molecule has 0 rings (SSSR count). The second-order valence-electron chi connectivity index (χ2n) is 11.6. The Morgan fingerprint density at radius 2 is 1.00 bits per heavy atom. The molecule has 41 heavy (non-hydrogen) atoms. The number of carbonyl (C=O) groups excluding carboxylic acids is 1. The summed E-state index contributed by atoms with van der Waals surface area (Å²) >= 11 is 0.750. The number of nitrogens with one attached hydrogen (secondary N) is 1. The number of carbonyl (C=O) groups is 1. The molecular formula is C33H72N2O5S. The Morgan fingerprint density at radius 1 is 0.683 bits per heavy atom. The monoisotopic (exact) mass is 609 g/mol. The number of hydrogen-bond acceptors (Lipinski definition) is 7. The van der Waals surface area contributed by atoms with Gasteiger partial charge >= 0.3 is 0 Å². The van der Waals surface area contributed by atoms with Crippen LogP contribution in [0.3, 0.4) is 0 Å². The topological polar surface area (TPSA) is 91.3 Å². The van der Waals surface area contributed by atoms with E-state index < -0.39 is 0 Å². The van der Waals surface area contributed by atoms with Gasteiger partial charge in [-0.2, -0.15) is 0 Å². The normalized spacial score (nSPS) is 12.2. The highest BCUT2D eigenvalue weighted by molar-refractivity contribution is 7.93. The molecular weight excluding hydrogens is 536 g/mol. The van der Waals surface area contributed by atoms with Crippen molar-refractivity contribution in [3.8, 4) is 0 Å². The van der Waals surface area contributed by atoms with Gasteiger partial charge in [-0.25, -0.2) is 9.78 Å². The largest absolute Gasteiger partial charge is 0.393 e. The van der Waals surface area contributed by atoms with Crippen LogP contribution in [-0.4, -0.2) is 67.3 Å². The Labute approximate surface area is 260 Å². The number of aliphatic hydroxyl groups excluding tert-OH is 1. The fraction of sp³-hybridized carbons (Fsp3) is 0.970. The van der Waals surface area contributed by atoms with Crippen molar-refractivity contribution in [1.29, 1.82) is 0 Å². The van der Waals surface area contributed by atoms with Crippen LogP contribution in [0.25, 0.3) is 0 Å². The molecule has 2 unspecified atom stereocenters. The number of unbranched alkanes of at least 4 members (excludes halogenated alkanes) is 16. The third-order valence-corrected chi connectivity index (χ3v) is 6.76. The third-order valence-electron chi connectivity index (χ3n) is 6.76. The molecule has 0 aromatic heterocycles. The first-order chi connectivity index (χ1) is 19.9. The van der Waals surface area contributed by atoms with Gasteiger partial charge in [0.05, 0.1) is 12.2 Å². The number of hydrogen-bond donors (Lipinski definition) is 3. The van der Waals surface area contributed by atoms with E-state index >= 15 is 0 Å². The van der Waals surface area contributed by atoms with Crippen LogP contribution >= 0.6 is 12.0 Å². The molecule has 0 bridgehead atoms. The predicted molar refractivity (Wildman–Crippen MR) is 179 cm³/mol. The molecule has 0 aromatic rings. The molecule has 0 fully saturated rings. The number of nitrogens with zero attached hydrogens (tertiary/aromatic N) is 1. The zero-order valence-electron chi connectivity index (χ0n) is 28.2. The van der Waals surface area contributed by atoms with E-state index in [9.17, 15) is 9.90 Å². The summed E-state index contributed by atoms with van der Waals surface area (Å²) in [6.07, 6.45) is 30.6.